The monoisotopic (exact) mass is 154 g/mol. The third-order valence-electron chi connectivity index (χ3n) is 0.874. The lowest BCUT2D eigenvalue weighted by Crippen LogP contribution is -2.18. The maximum Gasteiger partial charge on any atom is 0.267 e. The molecule has 0 rings (SSSR count). The van der Waals surface area contributed by atoms with E-state index in [4.69, 9.17) is 9.66 Å². The van der Waals surface area contributed by atoms with Crippen LogP contribution in [-0.4, -0.2) is 29.9 Å². The molecule has 9 heavy (non-hydrogen) atoms. The average molecular weight is 154 g/mol. The molecule has 0 aromatic heterocycles. The summed E-state index contributed by atoms with van der Waals surface area (Å²) in [7, 11) is -3.99. The molecule has 0 aliphatic heterocycles. The van der Waals surface area contributed by atoms with Gasteiger partial charge < -0.3 is 5.11 Å². The van der Waals surface area contributed by atoms with Crippen molar-refractivity contribution in [1.82, 2.24) is 0 Å². The number of hydrogen-bond acceptors (Lipinski definition) is 3. The summed E-state index contributed by atoms with van der Waals surface area (Å²) < 4.78 is 28.1. The van der Waals surface area contributed by atoms with Crippen LogP contribution in [-0.2, 0) is 10.1 Å². The van der Waals surface area contributed by atoms with Crippen LogP contribution in [0, 0.1) is 0 Å². The number of hydrogen-bond donors (Lipinski definition) is 2. The Hall–Kier alpha value is -0.130. The molecule has 5 heteroatoms. The number of aliphatic hydroxyl groups excluding tert-OH is 1. The Balaban J connectivity index is 3.75. The largest absolute Gasteiger partial charge is 0.392 e. The van der Waals surface area contributed by atoms with Crippen molar-refractivity contribution in [3.63, 3.8) is 0 Å². The summed E-state index contributed by atoms with van der Waals surface area (Å²) in [4.78, 5) is 0. The lowest BCUT2D eigenvalue weighted by Gasteiger charge is -2.02. The zero-order valence-electron chi connectivity index (χ0n) is 5.11. The summed E-state index contributed by atoms with van der Waals surface area (Å²) in [5.74, 6) is -0.566. The first-order chi connectivity index (χ1) is 3.95. The molecule has 0 aromatic rings. The van der Waals surface area contributed by atoms with Crippen LogP contribution in [0.3, 0.4) is 0 Å². The molecule has 0 radical (unpaired) electrons. The predicted molar refractivity (Wildman–Crippen MR) is 32.7 cm³/mol. The molecule has 0 unspecified atom stereocenters. The van der Waals surface area contributed by atoms with E-state index in [1.165, 1.54) is 0 Å². The van der Waals surface area contributed by atoms with Crippen molar-refractivity contribution in [2.24, 2.45) is 0 Å². The Morgan fingerprint density at radius 1 is 1.56 bits per heavy atom. The van der Waals surface area contributed by atoms with Crippen LogP contribution < -0.4 is 0 Å². The molecule has 0 bridgehead atoms. The van der Waals surface area contributed by atoms with E-state index in [0.29, 0.717) is 6.42 Å². The summed E-state index contributed by atoms with van der Waals surface area (Å²) in [6, 6.07) is 0. The molecule has 0 fully saturated rings. The van der Waals surface area contributed by atoms with E-state index < -0.39 is 22.0 Å². The Kier molecular flexibility index (Phi) is 3.10. The lowest BCUT2D eigenvalue weighted by atomic mass is 10.3. The summed E-state index contributed by atoms with van der Waals surface area (Å²) in [6.07, 6.45) is -0.611. The quantitative estimate of drug-likeness (QED) is 0.544. The molecule has 0 aliphatic carbocycles. The van der Waals surface area contributed by atoms with E-state index in [2.05, 4.69) is 0 Å². The minimum atomic E-state index is -3.99. The third-order valence-corrected chi connectivity index (χ3v) is 1.68. The van der Waals surface area contributed by atoms with E-state index >= 15 is 0 Å². The highest BCUT2D eigenvalue weighted by Gasteiger charge is 2.10. The minimum Gasteiger partial charge on any atom is -0.392 e. The zero-order valence-corrected chi connectivity index (χ0v) is 5.93. The van der Waals surface area contributed by atoms with Crippen molar-refractivity contribution in [3.8, 4) is 0 Å². The molecule has 0 spiro atoms. The SMILES string of the molecule is CC[C@@H](O)CS(=O)(=O)O. The Labute approximate surface area is 54.3 Å². The average Bonchev–Trinajstić information content (AvgIpc) is 1.62. The zero-order chi connectivity index (χ0) is 7.49. The van der Waals surface area contributed by atoms with Gasteiger partial charge in [-0.2, -0.15) is 8.42 Å². The van der Waals surface area contributed by atoms with Gasteiger partial charge in [0.2, 0.25) is 0 Å². The van der Waals surface area contributed by atoms with Gasteiger partial charge in [-0.1, -0.05) is 6.92 Å². The highest BCUT2D eigenvalue weighted by molar-refractivity contribution is 7.85. The van der Waals surface area contributed by atoms with E-state index in [9.17, 15) is 8.42 Å². The molecule has 4 nitrogen and oxygen atoms in total. The third kappa shape index (κ3) is 5.75. The molecular weight excluding hydrogens is 144 g/mol. The molecule has 2 N–H and O–H groups in total. The first-order valence-electron chi connectivity index (χ1n) is 2.59. The van der Waals surface area contributed by atoms with Crippen molar-refractivity contribution in [2.45, 2.75) is 19.4 Å². The van der Waals surface area contributed by atoms with Gasteiger partial charge in [-0.15, -0.1) is 0 Å². The highest BCUT2D eigenvalue weighted by Crippen LogP contribution is 1.93. The maximum absolute atomic E-state index is 10.00. The van der Waals surface area contributed by atoms with Crippen molar-refractivity contribution < 1.29 is 18.1 Å². The Bertz CT molecular complexity index is 159. The standard InChI is InChI=1S/C4H10O4S/c1-2-4(5)3-9(6,7)8/h4-5H,2-3H2,1H3,(H,6,7,8)/t4-/m1/s1. The van der Waals surface area contributed by atoms with Crippen LogP contribution in [0.4, 0.5) is 0 Å². The molecule has 56 valence electrons. The van der Waals surface area contributed by atoms with Gasteiger partial charge in [0, 0.05) is 0 Å². The fraction of sp³-hybridized carbons (Fsp3) is 1.00. The van der Waals surface area contributed by atoms with Gasteiger partial charge in [-0.05, 0) is 6.42 Å². The fourth-order valence-electron chi connectivity index (χ4n) is 0.361. The van der Waals surface area contributed by atoms with Crippen LogP contribution in [0.5, 0.6) is 0 Å². The summed E-state index contributed by atoms with van der Waals surface area (Å²) in [5, 5.41) is 8.65. The second-order valence-corrected chi connectivity index (χ2v) is 3.31. The van der Waals surface area contributed by atoms with Gasteiger partial charge in [-0.3, -0.25) is 4.55 Å². The van der Waals surface area contributed by atoms with Crippen molar-refractivity contribution in [1.29, 1.82) is 0 Å². The van der Waals surface area contributed by atoms with Crippen molar-refractivity contribution >= 4 is 10.1 Å². The van der Waals surface area contributed by atoms with Crippen molar-refractivity contribution in [2.75, 3.05) is 5.75 Å². The normalized spacial score (nSPS) is 15.4. The van der Waals surface area contributed by atoms with Gasteiger partial charge >= 0.3 is 0 Å². The van der Waals surface area contributed by atoms with Crippen LogP contribution in [0.1, 0.15) is 13.3 Å². The predicted octanol–water partition coefficient (Wildman–Crippen LogP) is -0.355. The fourth-order valence-corrected chi connectivity index (χ4v) is 1.08. The molecule has 0 saturated heterocycles. The first-order valence-corrected chi connectivity index (χ1v) is 4.20. The molecule has 0 amide bonds. The molecule has 0 saturated carbocycles. The smallest absolute Gasteiger partial charge is 0.267 e. The Morgan fingerprint density at radius 2 is 2.00 bits per heavy atom. The van der Waals surface area contributed by atoms with E-state index in [-0.39, 0.29) is 0 Å². The second-order valence-electron chi connectivity index (χ2n) is 1.81. The second kappa shape index (κ2) is 3.14. The molecule has 0 aliphatic rings. The topological polar surface area (TPSA) is 74.6 Å². The molecule has 0 heterocycles. The Morgan fingerprint density at radius 3 is 2.11 bits per heavy atom. The summed E-state index contributed by atoms with van der Waals surface area (Å²) >= 11 is 0. The van der Waals surface area contributed by atoms with Gasteiger partial charge in [0.25, 0.3) is 10.1 Å². The molecular formula is C4H10O4S. The van der Waals surface area contributed by atoms with Crippen LogP contribution in [0.25, 0.3) is 0 Å². The van der Waals surface area contributed by atoms with Gasteiger partial charge in [0.1, 0.15) is 5.75 Å². The summed E-state index contributed by atoms with van der Waals surface area (Å²) in [5.41, 5.74) is 0. The van der Waals surface area contributed by atoms with Crippen LogP contribution >= 0.6 is 0 Å². The minimum absolute atomic E-state index is 0.333. The molecule has 0 aromatic carbocycles. The first kappa shape index (κ1) is 8.87. The van der Waals surface area contributed by atoms with Crippen LogP contribution in [0.15, 0.2) is 0 Å². The summed E-state index contributed by atoms with van der Waals surface area (Å²) in [6.45, 7) is 1.63. The van der Waals surface area contributed by atoms with E-state index in [1.807, 2.05) is 0 Å². The van der Waals surface area contributed by atoms with Crippen molar-refractivity contribution in [3.05, 3.63) is 0 Å². The van der Waals surface area contributed by atoms with E-state index in [0.717, 1.165) is 0 Å². The maximum atomic E-state index is 10.00. The van der Waals surface area contributed by atoms with Gasteiger partial charge in [0.15, 0.2) is 0 Å². The van der Waals surface area contributed by atoms with Gasteiger partial charge in [-0.25, -0.2) is 0 Å². The molecule has 1 atom stereocenters. The van der Waals surface area contributed by atoms with Crippen LogP contribution in [0.2, 0.25) is 0 Å². The van der Waals surface area contributed by atoms with E-state index in [1.54, 1.807) is 6.92 Å². The number of aliphatic hydroxyl groups is 1. The number of rotatable bonds is 3. The highest BCUT2D eigenvalue weighted by atomic mass is 32.2. The van der Waals surface area contributed by atoms with Gasteiger partial charge in [0.05, 0.1) is 6.10 Å². The lowest BCUT2D eigenvalue weighted by molar-refractivity contribution is 0.190.